The van der Waals surface area contributed by atoms with Gasteiger partial charge in [-0.3, -0.25) is 0 Å². The van der Waals surface area contributed by atoms with Crippen LogP contribution in [-0.4, -0.2) is 8.07 Å². The molecular weight excluding hydrogens is 838 g/mol. The molecule has 0 N–H and O–H groups in total. The van der Waals surface area contributed by atoms with E-state index in [1.54, 1.807) is 16.7 Å². The molecular formula is C53H51Br2NSi. The van der Waals surface area contributed by atoms with Crippen LogP contribution in [-0.2, 0) is 5.41 Å². The smallest absolute Gasteiger partial charge is 0.0741 e. The summed E-state index contributed by atoms with van der Waals surface area (Å²) in [6.45, 7) is 15.3. The first-order valence-corrected chi connectivity index (χ1v) is 24.6. The maximum atomic E-state index is 3.68. The zero-order valence-corrected chi connectivity index (χ0v) is 38.0. The van der Waals surface area contributed by atoms with Crippen LogP contribution in [0.25, 0.3) is 21.9 Å². The maximum absolute atomic E-state index is 3.68. The summed E-state index contributed by atoms with van der Waals surface area (Å²) >= 11 is 7.37. The van der Waals surface area contributed by atoms with Crippen LogP contribution in [0.4, 0.5) is 17.1 Å². The summed E-state index contributed by atoms with van der Waals surface area (Å²) in [4.78, 5) is 2.39. The van der Waals surface area contributed by atoms with Gasteiger partial charge in [0.15, 0.2) is 0 Å². The molecule has 1 fully saturated rings. The van der Waals surface area contributed by atoms with Crippen molar-refractivity contribution in [2.75, 3.05) is 4.90 Å². The number of hydrogen-bond acceptors (Lipinski definition) is 1. The quantitative estimate of drug-likeness (QED) is 0.124. The summed E-state index contributed by atoms with van der Waals surface area (Å²) in [6.07, 6.45) is 1.10. The Balaban J connectivity index is 1.36. The standard InChI is InChI=1S/C53H51Br2NSi/c1-34(2)57(35(3)4,36(5)6)52-47-20-14-13-19-46(47)48-32-37-31-44(56(42-25-21-40(54)22-26-42)43-27-23-41(55)24-28-43)29-30-45(37)50(51(48)52)49-33-53(49,38-15-9-7-10-16-38)39-17-11-8-12-18-39/h7-32,34-36,49,52H,33H2,1-6H3. The third-order valence-electron chi connectivity index (χ3n) is 13.9. The summed E-state index contributed by atoms with van der Waals surface area (Å²) in [6, 6.07) is 59.6. The summed E-state index contributed by atoms with van der Waals surface area (Å²) in [5.41, 5.74) is 16.1. The Morgan fingerprint density at radius 3 is 1.54 bits per heavy atom. The highest BCUT2D eigenvalue weighted by atomic mass is 79.9. The molecule has 0 saturated heterocycles. The molecule has 2 atom stereocenters. The number of anilines is 3. The summed E-state index contributed by atoms with van der Waals surface area (Å²) < 4.78 is 2.14. The van der Waals surface area contributed by atoms with Crippen LogP contribution < -0.4 is 4.90 Å². The Kier molecular flexibility index (Phi) is 9.99. The van der Waals surface area contributed by atoms with E-state index in [1.807, 2.05) is 0 Å². The van der Waals surface area contributed by atoms with Crippen molar-refractivity contribution in [2.24, 2.45) is 0 Å². The van der Waals surface area contributed by atoms with Crippen LogP contribution in [0.2, 0.25) is 16.6 Å². The monoisotopic (exact) mass is 887 g/mol. The van der Waals surface area contributed by atoms with Gasteiger partial charge in [-0.05, 0) is 145 Å². The minimum atomic E-state index is -2.08. The lowest BCUT2D eigenvalue weighted by Crippen LogP contribution is -2.50. The van der Waals surface area contributed by atoms with Crippen LogP contribution in [0, 0.1) is 0 Å². The van der Waals surface area contributed by atoms with Crippen molar-refractivity contribution >= 4 is 67.8 Å². The Morgan fingerprint density at radius 2 is 1.02 bits per heavy atom. The second kappa shape index (κ2) is 14.9. The molecule has 2 aliphatic carbocycles. The van der Waals surface area contributed by atoms with E-state index in [1.165, 1.54) is 33.0 Å². The highest BCUT2D eigenvalue weighted by Gasteiger charge is 2.61. The Bertz CT molecular complexity index is 2450. The van der Waals surface area contributed by atoms with Gasteiger partial charge in [0.05, 0.1) is 8.07 Å². The third kappa shape index (κ3) is 6.12. The van der Waals surface area contributed by atoms with Gasteiger partial charge in [-0.15, -0.1) is 0 Å². The van der Waals surface area contributed by atoms with Crippen molar-refractivity contribution in [1.82, 2.24) is 0 Å². The van der Waals surface area contributed by atoms with Crippen molar-refractivity contribution in [3.05, 3.63) is 194 Å². The molecule has 1 nitrogen and oxygen atoms in total. The normalized spacial score (nSPS) is 17.0. The fourth-order valence-electron chi connectivity index (χ4n) is 11.7. The Morgan fingerprint density at radius 1 is 0.526 bits per heavy atom. The summed E-state index contributed by atoms with van der Waals surface area (Å²) in [5.74, 6) is 0.342. The van der Waals surface area contributed by atoms with E-state index < -0.39 is 8.07 Å². The summed E-state index contributed by atoms with van der Waals surface area (Å²) in [5, 5.41) is 2.71. The van der Waals surface area contributed by atoms with Gasteiger partial charge in [0.2, 0.25) is 0 Å². The van der Waals surface area contributed by atoms with Crippen molar-refractivity contribution in [3.63, 3.8) is 0 Å². The molecule has 9 rings (SSSR count). The number of fused-ring (bicyclic) bond motifs is 4. The van der Waals surface area contributed by atoms with Gasteiger partial charge in [0.25, 0.3) is 0 Å². The minimum Gasteiger partial charge on any atom is -0.310 e. The maximum Gasteiger partial charge on any atom is 0.0741 e. The number of halogens is 2. The van der Waals surface area contributed by atoms with Crippen LogP contribution in [0.3, 0.4) is 0 Å². The van der Waals surface area contributed by atoms with Crippen LogP contribution >= 0.6 is 31.9 Å². The molecule has 286 valence electrons. The molecule has 7 aromatic carbocycles. The lowest BCUT2D eigenvalue weighted by molar-refractivity contribution is 0.763. The van der Waals surface area contributed by atoms with Gasteiger partial charge in [0.1, 0.15) is 0 Å². The first kappa shape index (κ1) is 38.3. The van der Waals surface area contributed by atoms with Crippen LogP contribution in [0.5, 0.6) is 0 Å². The lowest BCUT2D eigenvalue weighted by atomic mass is 9.81. The predicted octanol–water partition coefficient (Wildman–Crippen LogP) is 16.6. The largest absolute Gasteiger partial charge is 0.310 e. The molecule has 4 heteroatoms. The molecule has 0 heterocycles. The number of rotatable bonds is 10. The molecule has 0 radical (unpaired) electrons. The predicted molar refractivity (Wildman–Crippen MR) is 253 cm³/mol. The van der Waals surface area contributed by atoms with E-state index in [0.717, 1.165) is 32.4 Å². The van der Waals surface area contributed by atoms with Gasteiger partial charge in [-0.2, -0.15) is 0 Å². The molecule has 0 aromatic heterocycles. The van der Waals surface area contributed by atoms with E-state index in [-0.39, 0.29) is 5.41 Å². The summed E-state index contributed by atoms with van der Waals surface area (Å²) in [7, 11) is -2.08. The zero-order valence-electron chi connectivity index (χ0n) is 33.8. The fraction of sp³-hybridized carbons (Fsp3) is 0.245. The van der Waals surface area contributed by atoms with Gasteiger partial charge in [-0.25, -0.2) is 0 Å². The molecule has 0 bridgehead atoms. The van der Waals surface area contributed by atoms with Crippen LogP contribution in [0.1, 0.15) is 87.2 Å². The molecule has 1 saturated carbocycles. The van der Waals surface area contributed by atoms with Gasteiger partial charge in [0, 0.05) is 37.0 Å². The first-order valence-electron chi connectivity index (χ1n) is 20.7. The number of benzene rings is 7. The van der Waals surface area contributed by atoms with E-state index >= 15 is 0 Å². The molecule has 2 aliphatic rings. The van der Waals surface area contributed by atoms with Crippen molar-refractivity contribution in [1.29, 1.82) is 0 Å². The lowest BCUT2D eigenvalue weighted by Gasteiger charge is -2.49. The molecule has 57 heavy (non-hydrogen) atoms. The zero-order chi connectivity index (χ0) is 39.6. The Hall–Kier alpha value is -4.22. The SMILES string of the molecule is CC(C)[Si](C(C)C)(C(C)C)C1c2ccccc2-c2cc3cc(N(c4ccc(Br)cc4)c4ccc(Br)cc4)ccc3c(C3CC3(c3ccccc3)c3ccccc3)c21. The van der Waals surface area contributed by atoms with E-state index in [4.69, 9.17) is 0 Å². The molecule has 0 spiro atoms. The van der Waals surface area contributed by atoms with Crippen molar-refractivity contribution < 1.29 is 0 Å². The molecule has 0 aliphatic heterocycles. The fourth-order valence-corrected chi connectivity index (χ4v) is 19.8. The van der Waals surface area contributed by atoms with E-state index in [9.17, 15) is 0 Å². The second-order valence-electron chi connectivity index (χ2n) is 17.4. The Labute approximate surface area is 357 Å². The van der Waals surface area contributed by atoms with Gasteiger partial charge < -0.3 is 4.90 Å². The molecule has 0 amide bonds. The van der Waals surface area contributed by atoms with Crippen molar-refractivity contribution in [2.45, 2.75) is 81.5 Å². The molecule has 7 aromatic rings. The third-order valence-corrected chi connectivity index (χ3v) is 22.5. The number of nitrogens with zero attached hydrogens (tertiary/aromatic N) is 1. The first-order chi connectivity index (χ1) is 27.6. The number of hydrogen-bond donors (Lipinski definition) is 0. The average molecular weight is 890 g/mol. The van der Waals surface area contributed by atoms with Crippen LogP contribution in [0.15, 0.2) is 167 Å². The molecule has 2 unspecified atom stereocenters. The minimum absolute atomic E-state index is 0.0961. The van der Waals surface area contributed by atoms with E-state index in [2.05, 4.69) is 236 Å². The van der Waals surface area contributed by atoms with Crippen molar-refractivity contribution in [3.8, 4) is 11.1 Å². The van der Waals surface area contributed by atoms with E-state index in [0.29, 0.717) is 28.1 Å². The second-order valence-corrected chi connectivity index (χ2v) is 25.3. The van der Waals surface area contributed by atoms with Gasteiger partial charge >= 0.3 is 0 Å². The highest BCUT2D eigenvalue weighted by molar-refractivity contribution is 9.10. The average Bonchev–Trinajstić information content (AvgIpc) is 3.89. The topological polar surface area (TPSA) is 3.24 Å². The highest BCUT2D eigenvalue weighted by Crippen LogP contribution is 2.69. The van der Waals surface area contributed by atoms with Gasteiger partial charge in [-0.1, -0.05) is 164 Å².